The molecule has 0 aliphatic heterocycles. The summed E-state index contributed by atoms with van der Waals surface area (Å²) in [5, 5.41) is 6.62. The van der Waals surface area contributed by atoms with Crippen LogP contribution in [-0.2, 0) is 9.47 Å². The summed E-state index contributed by atoms with van der Waals surface area (Å²) in [5.41, 5.74) is 5.38. The maximum atomic E-state index is 5.83. The summed E-state index contributed by atoms with van der Waals surface area (Å²) in [7, 11) is 0. The van der Waals surface area contributed by atoms with E-state index in [2.05, 4.69) is 25.6 Å². The van der Waals surface area contributed by atoms with Gasteiger partial charge in [-0.2, -0.15) is 15.0 Å². The second kappa shape index (κ2) is 12.9. The van der Waals surface area contributed by atoms with Crippen LogP contribution in [0.2, 0.25) is 0 Å². The van der Waals surface area contributed by atoms with E-state index in [0.29, 0.717) is 63.2 Å². The number of nitrogens with zero attached hydrogens (tertiary/aromatic N) is 3. The molecule has 0 amide bonds. The van der Waals surface area contributed by atoms with Crippen LogP contribution in [0, 0.1) is 0 Å². The number of ether oxygens (including phenoxy) is 3. The molecule has 1 heterocycles. The van der Waals surface area contributed by atoms with E-state index in [1.807, 2.05) is 30.3 Å². The van der Waals surface area contributed by atoms with Gasteiger partial charge >= 0.3 is 6.01 Å². The largest absolute Gasteiger partial charge is 0.424 e. The Kier molecular flexibility index (Phi) is 9.58. The number of rotatable bonds is 13. The zero-order chi connectivity index (χ0) is 20.9. The van der Waals surface area contributed by atoms with E-state index in [1.165, 1.54) is 19.3 Å². The minimum absolute atomic E-state index is 0.258. The zero-order valence-electron chi connectivity index (χ0n) is 17.4. The van der Waals surface area contributed by atoms with Crippen molar-refractivity contribution in [2.75, 3.05) is 50.2 Å². The van der Waals surface area contributed by atoms with Crippen molar-refractivity contribution in [3.05, 3.63) is 30.3 Å². The van der Waals surface area contributed by atoms with E-state index in [1.54, 1.807) is 0 Å². The summed E-state index contributed by atoms with van der Waals surface area (Å²) in [6.07, 6.45) is 6.01. The Morgan fingerprint density at radius 1 is 0.867 bits per heavy atom. The molecule has 0 bridgehead atoms. The highest BCUT2D eigenvalue weighted by Crippen LogP contribution is 2.23. The summed E-state index contributed by atoms with van der Waals surface area (Å²) >= 11 is 0. The first-order valence-electron chi connectivity index (χ1n) is 10.7. The van der Waals surface area contributed by atoms with Gasteiger partial charge in [-0.3, -0.25) is 0 Å². The molecule has 1 aliphatic carbocycles. The van der Waals surface area contributed by atoms with Crippen LogP contribution in [0.1, 0.15) is 32.1 Å². The third kappa shape index (κ3) is 8.10. The molecule has 0 atom stereocenters. The van der Waals surface area contributed by atoms with Crippen LogP contribution in [0.25, 0.3) is 0 Å². The van der Waals surface area contributed by atoms with Crippen molar-refractivity contribution in [2.45, 2.75) is 38.1 Å². The molecule has 1 aromatic carbocycles. The minimum atomic E-state index is 0.258. The second-order valence-corrected chi connectivity index (χ2v) is 7.10. The summed E-state index contributed by atoms with van der Waals surface area (Å²) in [5.74, 6) is 1.66. The van der Waals surface area contributed by atoms with Crippen LogP contribution in [0.4, 0.5) is 11.9 Å². The number of aromatic nitrogens is 3. The molecule has 0 unspecified atom stereocenters. The van der Waals surface area contributed by atoms with Crippen molar-refractivity contribution < 1.29 is 14.2 Å². The first kappa shape index (κ1) is 22.2. The lowest BCUT2D eigenvalue weighted by Crippen LogP contribution is -2.24. The standard InChI is InChI=1S/C21H32N6O3/c22-11-13-28-15-16-29-14-12-23-19-25-20(24-17-7-3-1-4-8-17)27-21(26-19)30-18-9-5-2-6-10-18/h2,5-6,9-10,17H,1,3-4,7-8,11-16,22H2,(H2,23,24,25,26,27). The van der Waals surface area contributed by atoms with Gasteiger partial charge in [-0.15, -0.1) is 0 Å². The number of nitrogens with one attached hydrogen (secondary N) is 2. The van der Waals surface area contributed by atoms with E-state index >= 15 is 0 Å². The molecular formula is C21H32N6O3. The molecule has 164 valence electrons. The molecule has 1 aromatic heterocycles. The Balaban J connectivity index is 1.56. The van der Waals surface area contributed by atoms with Crippen LogP contribution < -0.4 is 21.1 Å². The van der Waals surface area contributed by atoms with Gasteiger partial charge in [-0.25, -0.2) is 0 Å². The number of hydrogen-bond donors (Lipinski definition) is 3. The van der Waals surface area contributed by atoms with Crippen LogP contribution >= 0.6 is 0 Å². The van der Waals surface area contributed by atoms with E-state index in [9.17, 15) is 0 Å². The lowest BCUT2D eigenvalue weighted by molar-refractivity contribution is 0.0547. The first-order valence-corrected chi connectivity index (χ1v) is 10.7. The molecule has 9 heteroatoms. The molecule has 30 heavy (non-hydrogen) atoms. The lowest BCUT2D eigenvalue weighted by atomic mass is 9.96. The van der Waals surface area contributed by atoms with E-state index < -0.39 is 0 Å². The van der Waals surface area contributed by atoms with Gasteiger partial charge in [-0.05, 0) is 25.0 Å². The highest BCUT2D eigenvalue weighted by Gasteiger charge is 2.16. The quantitative estimate of drug-likeness (QED) is 0.424. The van der Waals surface area contributed by atoms with E-state index in [4.69, 9.17) is 19.9 Å². The van der Waals surface area contributed by atoms with Gasteiger partial charge in [0.15, 0.2) is 0 Å². The second-order valence-electron chi connectivity index (χ2n) is 7.10. The predicted molar refractivity (Wildman–Crippen MR) is 116 cm³/mol. The van der Waals surface area contributed by atoms with E-state index in [-0.39, 0.29) is 6.01 Å². The molecule has 0 saturated heterocycles. The Morgan fingerprint density at radius 3 is 2.37 bits per heavy atom. The van der Waals surface area contributed by atoms with Gasteiger partial charge in [0.1, 0.15) is 5.75 Å². The van der Waals surface area contributed by atoms with Gasteiger partial charge in [-0.1, -0.05) is 37.5 Å². The number of anilines is 2. The molecular weight excluding hydrogens is 384 g/mol. The number of para-hydroxylation sites is 1. The van der Waals surface area contributed by atoms with Crippen LogP contribution in [-0.4, -0.2) is 60.5 Å². The summed E-state index contributed by atoms with van der Waals surface area (Å²) in [4.78, 5) is 13.4. The Morgan fingerprint density at radius 2 is 1.60 bits per heavy atom. The smallest absolute Gasteiger partial charge is 0.328 e. The third-order valence-corrected chi connectivity index (χ3v) is 4.67. The molecule has 1 saturated carbocycles. The number of hydrogen-bond acceptors (Lipinski definition) is 9. The Bertz CT molecular complexity index is 728. The first-order chi connectivity index (χ1) is 14.8. The summed E-state index contributed by atoms with van der Waals surface area (Å²) in [6, 6.07) is 10.1. The molecule has 0 radical (unpaired) electrons. The molecule has 1 aliphatic rings. The van der Waals surface area contributed by atoms with Gasteiger partial charge < -0.3 is 30.6 Å². The van der Waals surface area contributed by atoms with Crippen molar-refractivity contribution >= 4 is 11.9 Å². The van der Waals surface area contributed by atoms with Crippen molar-refractivity contribution in [1.82, 2.24) is 15.0 Å². The Labute approximate surface area is 177 Å². The highest BCUT2D eigenvalue weighted by atomic mass is 16.5. The van der Waals surface area contributed by atoms with Crippen molar-refractivity contribution in [3.63, 3.8) is 0 Å². The van der Waals surface area contributed by atoms with Crippen LogP contribution in [0.3, 0.4) is 0 Å². The normalized spacial score (nSPS) is 14.4. The number of benzene rings is 1. The molecule has 9 nitrogen and oxygen atoms in total. The topological polar surface area (TPSA) is 116 Å². The Hall–Kier alpha value is -2.49. The van der Waals surface area contributed by atoms with Crippen LogP contribution in [0.15, 0.2) is 30.3 Å². The fraction of sp³-hybridized carbons (Fsp3) is 0.571. The molecule has 2 aromatic rings. The minimum Gasteiger partial charge on any atom is -0.424 e. The summed E-state index contributed by atoms with van der Waals surface area (Å²) in [6.45, 7) is 3.20. The fourth-order valence-electron chi connectivity index (χ4n) is 3.21. The van der Waals surface area contributed by atoms with Gasteiger partial charge in [0.05, 0.1) is 26.4 Å². The van der Waals surface area contributed by atoms with Crippen molar-refractivity contribution in [1.29, 1.82) is 0 Å². The molecule has 4 N–H and O–H groups in total. The number of nitrogens with two attached hydrogens (primary N) is 1. The van der Waals surface area contributed by atoms with Crippen molar-refractivity contribution in [3.8, 4) is 11.8 Å². The predicted octanol–water partition coefficient (Wildman–Crippen LogP) is 2.81. The lowest BCUT2D eigenvalue weighted by Gasteiger charge is -2.23. The average Bonchev–Trinajstić information content (AvgIpc) is 2.77. The average molecular weight is 417 g/mol. The monoisotopic (exact) mass is 416 g/mol. The van der Waals surface area contributed by atoms with Crippen molar-refractivity contribution in [2.24, 2.45) is 5.73 Å². The zero-order valence-corrected chi connectivity index (χ0v) is 17.4. The molecule has 3 rings (SSSR count). The third-order valence-electron chi connectivity index (χ3n) is 4.67. The maximum Gasteiger partial charge on any atom is 0.328 e. The van der Waals surface area contributed by atoms with Gasteiger partial charge in [0.2, 0.25) is 11.9 Å². The molecule has 0 spiro atoms. The van der Waals surface area contributed by atoms with E-state index in [0.717, 1.165) is 12.8 Å². The maximum absolute atomic E-state index is 5.83. The van der Waals surface area contributed by atoms with Gasteiger partial charge in [0, 0.05) is 19.1 Å². The highest BCUT2D eigenvalue weighted by molar-refractivity contribution is 5.38. The van der Waals surface area contributed by atoms with Crippen LogP contribution in [0.5, 0.6) is 11.8 Å². The molecule has 1 fully saturated rings. The fourth-order valence-corrected chi connectivity index (χ4v) is 3.21. The summed E-state index contributed by atoms with van der Waals surface area (Å²) < 4.78 is 16.6. The van der Waals surface area contributed by atoms with Gasteiger partial charge in [0.25, 0.3) is 0 Å². The SMILES string of the molecule is NCCOCCOCCNc1nc(NC2CCCCC2)nc(Oc2ccccc2)n1.